The molecule has 11 rings (SSSR count). The van der Waals surface area contributed by atoms with Gasteiger partial charge in [0.25, 0.3) is 0 Å². The van der Waals surface area contributed by atoms with Crippen molar-refractivity contribution in [2.45, 2.75) is 12.0 Å². The summed E-state index contributed by atoms with van der Waals surface area (Å²) in [4.78, 5) is 15.7. The molecule has 0 saturated carbocycles. The van der Waals surface area contributed by atoms with Crippen molar-refractivity contribution >= 4 is 38.3 Å². The van der Waals surface area contributed by atoms with E-state index in [1.165, 1.54) is 11.1 Å². The number of hydrogen-bond donors (Lipinski definition) is 0. The second-order valence-corrected chi connectivity index (χ2v) is 13.9. The molecule has 54 heavy (non-hydrogen) atoms. The third-order valence-corrected chi connectivity index (χ3v) is 10.7. The first kappa shape index (κ1) is 30.5. The highest BCUT2D eigenvalue weighted by molar-refractivity contribution is 6.06. The number of benzene rings is 7. The number of allylic oxidation sites excluding steroid dienone is 2. The van der Waals surface area contributed by atoms with Crippen LogP contribution in [0.2, 0.25) is 0 Å². The van der Waals surface area contributed by atoms with Gasteiger partial charge in [-0.05, 0) is 81.6 Å². The Labute approximate surface area is 311 Å². The molecule has 1 aliphatic carbocycles. The zero-order valence-corrected chi connectivity index (χ0v) is 29.1. The molecule has 3 heterocycles. The van der Waals surface area contributed by atoms with Gasteiger partial charge in [0.05, 0.1) is 5.92 Å². The van der Waals surface area contributed by atoms with E-state index < -0.39 is 0 Å². The van der Waals surface area contributed by atoms with Crippen molar-refractivity contribution in [3.05, 3.63) is 187 Å². The van der Waals surface area contributed by atoms with Gasteiger partial charge in [0.1, 0.15) is 23.0 Å². The van der Waals surface area contributed by atoms with Gasteiger partial charge >= 0.3 is 0 Å². The standard InChI is InChI=1S/C49H31N3O2/c1-2-11-30(12-3-1)32-15-8-16-33(27-32)34-23-25-44-41(28-34)46-39(20-10-22-45(46)54-44)49-51-47(35-24-26-43-40(29-35)37-18-6-7-21-42(37)53-43)50-48(52-49)38-19-9-14-31-13-4-5-17-36(31)38/h1-29,45-46H. The smallest absolute Gasteiger partial charge is 0.164 e. The average Bonchev–Trinajstić information content (AvgIpc) is 3.81. The van der Waals surface area contributed by atoms with Crippen molar-refractivity contribution in [2.75, 3.05) is 0 Å². The van der Waals surface area contributed by atoms with Crippen molar-refractivity contribution < 1.29 is 9.15 Å². The summed E-state index contributed by atoms with van der Waals surface area (Å²) in [6.07, 6.45) is 6.16. The zero-order chi connectivity index (χ0) is 35.6. The lowest BCUT2D eigenvalue weighted by Gasteiger charge is -2.22. The van der Waals surface area contributed by atoms with Gasteiger partial charge in [0, 0.05) is 33.0 Å². The third-order valence-electron chi connectivity index (χ3n) is 10.7. The minimum Gasteiger partial charge on any atom is -0.485 e. The SMILES string of the molecule is C1=CC2Oc3ccc(-c4cccc(-c5ccccc5)c4)cc3C2C(c2nc(-c3ccc4oc5ccccc5c4c3)nc(-c3cccc4ccccc34)n2)=C1. The quantitative estimate of drug-likeness (QED) is 0.180. The predicted molar refractivity (Wildman–Crippen MR) is 217 cm³/mol. The van der Waals surface area contributed by atoms with E-state index in [1.54, 1.807) is 0 Å². The zero-order valence-electron chi connectivity index (χ0n) is 29.1. The fraction of sp³-hybridized carbons (Fsp3) is 0.0408. The molecule has 0 amide bonds. The topological polar surface area (TPSA) is 61.0 Å². The summed E-state index contributed by atoms with van der Waals surface area (Å²) in [5, 5.41) is 4.31. The van der Waals surface area contributed by atoms with E-state index in [0.717, 1.165) is 71.9 Å². The van der Waals surface area contributed by atoms with Gasteiger partial charge in [-0.25, -0.2) is 15.0 Å². The number of ether oxygens (including phenoxy) is 1. The summed E-state index contributed by atoms with van der Waals surface area (Å²) >= 11 is 0. The van der Waals surface area contributed by atoms with Crippen LogP contribution in [0.15, 0.2) is 180 Å². The summed E-state index contributed by atoms with van der Waals surface area (Å²) in [7, 11) is 0. The van der Waals surface area contributed by atoms with Crippen LogP contribution >= 0.6 is 0 Å². The van der Waals surface area contributed by atoms with Gasteiger partial charge < -0.3 is 9.15 Å². The molecule has 2 unspecified atom stereocenters. The lowest BCUT2D eigenvalue weighted by molar-refractivity contribution is 0.271. The Balaban J connectivity index is 1.06. The third kappa shape index (κ3) is 5.05. The fourth-order valence-electron chi connectivity index (χ4n) is 8.10. The number of aromatic nitrogens is 3. The Morgan fingerprint density at radius 3 is 2.07 bits per heavy atom. The van der Waals surface area contributed by atoms with Crippen molar-refractivity contribution in [2.24, 2.45) is 0 Å². The maximum Gasteiger partial charge on any atom is 0.164 e. The maximum atomic E-state index is 6.60. The van der Waals surface area contributed by atoms with E-state index in [2.05, 4.69) is 140 Å². The first-order valence-electron chi connectivity index (χ1n) is 18.2. The molecule has 0 bridgehead atoms. The van der Waals surface area contributed by atoms with Gasteiger partial charge in [-0.15, -0.1) is 0 Å². The van der Waals surface area contributed by atoms with Crippen LogP contribution in [0.1, 0.15) is 17.3 Å². The fourth-order valence-corrected chi connectivity index (χ4v) is 8.10. The van der Waals surface area contributed by atoms with E-state index in [9.17, 15) is 0 Å². The molecular weight excluding hydrogens is 663 g/mol. The highest BCUT2D eigenvalue weighted by Crippen LogP contribution is 2.49. The first-order valence-corrected chi connectivity index (χ1v) is 18.2. The molecule has 2 aliphatic rings. The Morgan fingerprint density at radius 2 is 1.15 bits per heavy atom. The molecule has 0 N–H and O–H groups in total. The number of nitrogens with zero attached hydrogens (tertiary/aromatic N) is 3. The van der Waals surface area contributed by atoms with E-state index >= 15 is 0 Å². The molecule has 0 saturated heterocycles. The van der Waals surface area contributed by atoms with Crippen LogP contribution in [0.4, 0.5) is 0 Å². The Bertz CT molecular complexity index is 2990. The van der Waals surface area contributed by atoms with Gasteiger partial charge in [-0.2, -0.15) is 0 Å². The Hall–Kier alpha value is -7.11. The van der Waals surface area contributed by atoms with Crippen LogP contribution in [0.3, 0.4) is 0 Å². The first-order chi connectivity index (χ1) is 26.7. The van der Waals surface area contributed by atoms with Crippen LogP contribution < -0.4 is 4.74 Å². The van der Waals surface area contributed by atoms with Gasteiger partial charge in [-0.3, -0.25) is 0 Å². The van der Waals surface area contributed by atoms with E-state index in [1.807, 2.05) is 36.4 Å². The molecular formula is C49H31N3O2. The molecule has 2 aromatic heterocycles. The van der Waals surface area contributed by atoms with Crippen LogP contribution in [0.5, 0.6) is 5.75 Å². The normalized spacial score (nSPS) is 16.0. The molecule has 0 radical (unpaired) electrons. The Kier molecular flexibility index (Phi) is 6.92. The van der Waals surface area contributed by atoms with Crippen molar-refractivity contribution in [1.29, 1.82) is 0 Å². The molecule has 0 fully saturated rings. The van der Waals surface area contributed by atoms with Gasteiger partial charge in [0.2, 0.25) is 0 Å². The maximum absolute atomic E-state index is 6.60. The van der Waals surface area contributed by atoms with E-state index in [4.69, 9.17) is 24.1 Å². The monoisotopic (exact) mass is 693 g/mol. The van der Waals surface area contributed by atoms with E-state index in [-0.39, 0.29) is 12.0 Å². The minimum atomic E-state index is -0.180. The highest BCUT2D eigenvalue weighted by Gasteiger charge is 2.39. The summed E-state index contributed by atoms with van der Waals surface area (Å²) in [5.74, 6) is 2.64. The second-order valence-electron chi connectivity index (χ2n) is 13.9. The highest BCUT2D eigenvalue weighted by atomic mass is 16.5. The summed E-state index contributed by atoms with van der Waals surface area (Å²) < 4.78 is 12.8. The van der Waals surface area contributed by atoms with Gasteiger partial charge in [-0.1, -0.05) is 127 Å². The summed E-state index contributed by atoms with van der Waals surface area (Å²) in [6, 6.07) is 54.8. The van der Waals surface area contributed by atoms with Crippen molar-refractivity contribution in [3.63, 3.8) is 0 Å². The molecule has 2 atom stereocenters. The van der Waals surface area contributed by atoms with Gasteiger partial charge in [0.15, 0.2) is 17.5 Å². The Morgan fingerprint density at radius 1 is 0.463 bits per heavy atom. The number of fused-ring (bicyclic) bond motifs is 7. The molecule has 0 spiro atoms. The molecule has 5 heteroatoms. The summed E-state index contributed by atoms with van der Waals surface area (Å²) in [6.45, 7) is 0. The van der Waals surface area contributed by atoms with Crippen LogP contribution in [0, 0.1) is 0 Å². The molecule has 9 aromatic rings. The van der Waals surface area contributed by atoms with Crippen molar-refractivity contribution in [3.8, 4) is 50.8 Å². The number of hydrogen-bond acceptors (Lipinski definition) is 5. The average molecular weight is 694 g/mol. The van der Waals surface area contributed by atoms with Crippen molar-refractivity contribution in [1.82, 2.24) is 15.0 Å². The lowest BCUT2D eigenvalue weighted by atomic mass is 9.83. The molecule has 1 aliphatic heterocycles. The van der Waals surface area contributed by atoms with E-state index in [0.29, 0.717) is 17.5 Å². The molecule has 7 aromatic carbocycles. The minimum absolute atomic E-state index is 0.0989. The van der Waals surface area contributed by atoms with Crippen LogP contribution in [0.25, 0.3) is 83.3 Å². The summed E-state index contributed by atoms with van der Waals surface area (Å²) in [5.41, 5.74) is 10.3. The number of para-hydroxylation sites is 1. The lowest BCUT2D eigenvalue weighted by Crippen LogP contribution is -2.20. The number of rotatable bonds is 5. The number of furan rings is 1. The van der Waals surface area contributed by atoms with Crippen LogP contribution in [-0.2, 0) is 0 Å². The largest absolute Gasteiger partial charge is 0.485 e. The molecule has 5 nitrogen and oxygen atoms in total. The molecule has 254 valence electrons. The predicted octanol–water partition coefficient (Wildman–Crippen LogP) is 12.1. The second kappa shape index (κ2) is 12.2. The van der Waals surface area contributed by atoms with Crippen LogP contribution in [-0.4, -0.2) is 21.1 Å².